The Labute approximate surface area is 208 Å². The van der Waals surface area contributed by atoms with Gasteiger partial charge in [0.05, 0.1) is 35.3 Å². The number of fused-ring (bicyclic) bond motifs is 1. The summed E-state index contributed by atoms with van der Waals surface area (Å²) in [6.07, 6.45) is 9.28. The zero-order valence-corrected chi connectivity index (χ0v) is 20.6. The van der Waals surface area contributed by atoms with Crippen LogP contribution >= 0.6 is 11.8 Å². The average molecular weight is 495 g/mol. The van der Waals surface area contributed by atoms with Gasteiger partial charge < -0.3 is 15.4 Å². The minimum Gasteiger partial charge on any atom is -0.466 e. The minimum absolute atomic E-state index is 0.0619. The highest BCUT2D eigenvalue weighted by Crippen LogP contribution is 2.24. The molecular formula is C24H30N8O2S. The Balaban J connectivity index is 1.40. The number of nitrogens with two attached hydrogens (primary N) is 1. The van der Waals surface area contributed by atoms with Gasteiger partial charge in [-0.25, -0.2) is 9.98 Å². The smallest absolute Gasteiger partial charge is 0.312 e. The molecule has 4 rings (SSSR count). The molecule has 0 saturated carbocycles. The van der Waals surface area contributed by atoms with E-state index in [9.17, 15) is 4.79 Å². The van der Waals surface area contributed by atoms with Crippen LogP contribution in [0.1, 0.15) is 32.6 Å². The number of carbonyl (C=O) groups excluding carboxylic acids is 1. The van der Waals surface area contributed by atoms with Gasteiger partial charge in [0.2, 0.25) is 0 Å². The molecular weight excluding hydrogens is 464 g/mol. The van der Waals surface area contributed by atoms with E-state index >= 15 is 0 Å². The number of nitrogens with one attached hydrogen (secondary N) is 1. The Hall–Kier alpha value is -3.31. The quantitative estimate of drug-likeness (QED) is 0.262. The number of hydrogen-bond acceptors (Lipinski definition) is 9. The number of nitrogens with zero attached hydrogens (tertiary/aromatic N) is 6. The van der Waals surface area contributed by atoms with Crippen LogP contribution in [0.5, 0.6) is 0 Å². The summed E-state index contributed by atoms with van der Waals surface area (Å²) in [5, 5.41) is 12.6. The lowest BCUT2D eigenvalue weighted by Gasteiger charge is -2.13. The highest BCUT2D eigenvalue weighted by molar-refractivity contribution is 8.26. The minimum atomic E-state index is -0.463. The second kappa shape index (κ2) is 11.9. The van der Waals surface area contributed by atoms with E-state index in [1.807, 2.05) is 35.4 Å². The van der Waals surface area contributed by atoms with Crippen LogP contribution < -0.4 is 5.73 Å². The monoisotopic (exact) mass is 494 g/mol. The number of aromatic nitrogens is 4. The molecule has 0 aliphatic carbocycles. The van der Waals surface area contributed by atoms with Crippen molar-refractivity contribution in [3.8, 4) is 11.1 Å². The molecule has 0 bridgehead atoms. The van der Waals surface area contributed by atoms with Gasteiger partial charge in [-0.1, -0.05) is 0 Å². The van der Waals surface area contributed by atoms with E-state index in [0.717, 1.165) is 47.9 Å². The van der Waals surface area contributed by atoms with E-state index in [0.29, 0.717) is 11.3 Å². The predicted molar refractivity (Wildman–Crippen MR) is 139 cm³/mol. The Morgan fingerprint density at radius 2 is 2.03 bits per heavy atom. The lowest BCUT2D eigenvalue weighted by Crippen LogP contribution is -2.21. The van der Waals surface area contributed by atoms with Gasteiger partial charge in [0.15, 0.2) is 11.0 Å². The predicted octanol–water partition coefficient (Wildman–Crippen LogP) is 3.59. The molecule has 0 radical (unpaired) electrons. The standard InChI is InChI=1S/C24H30N8O2S/c1-2-34-23(33)13-21(25)35-24(26)30-22-7-6-19-20(29-22)12-17(14-27-19)18-15-28-32(16-18)11-5-10-31-8-3-4-9-31/h6-7,12,14-16,25H,2-5,8-11,13H2,1H3,(H2,26,29,30). The maximum atomic E-state index is 11.5. The van der Waals surface area contributed by atoms with E-state index < -0.39 is 5.97 Å². The Kier molecular flexibility index (Phi) is 8.43. The van der Waals surface area contributed by atoms with Gasteiger partial charge in [-0.2, -0.15) is 5.10 Å². The van der Waals surface area contributed by atoms with Gasteiger partial charge in [-0.3, -0.25) is 19.9 Å². The third kappa shape index (κ3) is 7.09. The molecule has 0 spiro atoms. The number of aliphatic imine (C=N–C) groups is 1. The summed E-state index contributed by atoms with van der Waals surface area (Å²) in [4.78, 5) is 27.4. The second-order valence-corrected chi connectivity index (χ2v) is 9.40. The maximum Gasteiger partial charge on any atom is 0.312 e. The van der Waals surface area contributed by atoms with Crippen LogP contribution in [0.2, 0.25) is 0 Å². The van der Waals surface area contributed by atoms with E-state index in [-0.39, 0.29) is 23.2 Å². The van der Waals surface area contributed by atoms with Gasteiger partial charge in [0, 0.05) is 30.1 Å². The first-order chi connectivity index (χ1) is 17.0. The zero-order chi connectivity index (χ0) is 24.6. The number of likely N-dealkylation sites (tertiary alicyclic amines) is 1. The molecule has 10 nitrogen and oxygen atoms in total. The third-order valence-electron chi connectivity index (χ3n) is 5.61. The Morgan fingerprint density at radius 1 is 1.20 bits per heavy atom. The molecule has 1 aliphatic heterocycles. The topological polar surface area (TPSA) is 135 Å². The molecule has 35 heavy (non-hydrogen) atoms. The number of thioether (sulfide) groups is 1. The SMILES string of the molecule is CCOC(=O)CC(=N)SC(N)=Nc1ccc2ncc(-c3cnn(CCCN4CCCC4)c3)cc2n1. The summed E-state index contributed by atoms with van der Waals surface area (Å²) in [6, 6.07) is 5.50. The molecule has 184 valence electrons. The molecule has 0 atom stereocenters. The van der Waals surface area contributed by atoms with Gasteiger partial charge in [-0.05, 0) is 75.8 Å². The van der Waals surface area contributed by atoms with E-state index in [4.69, 9.17) is 15.9 Å². The molecule has 4 heterocycles. The van der Waals surface area contributed by atoms with E-state index in [1.165, 1.54) is 25.9 Å². The van der Waals surface area contributed by atoms with Gasteiger partial charge in [0.1, 0.15) is 0 Å². The number of carbonyl (C=O) groups is 1. The molecule has 1 saturated heterocycles. The van der Waals surface area contributed by atoms with Crippen molar-refractivity contribution in [1.82, 2.24) is 24.6 Å². The average Bonchev–Trinajstić information content (AvgIpc) is 3.51. The van der Waals surface area contributed by atoms with Crippen LogP contribution in [0.15, 0.2) is 41.8 Å². The zero-order valence-electron chi connectivity index (χ0n) is 19.8. The van der Waals surface area contributed by atoms with Crippen LogP contribution in [0.3, 0.4) is 0 Å². The van der Waals surface area contributed by atoms with E-state index in [2.05, 4.69) is 25.0 Å². The lowest BCUT2D eigenvalue weighted by atomic mass is 10.1. The van der Waals surface area contributed by atoms with Crippen molar-refractivity contribution in [3.05, 3.63) is 36.8 Å². The summed E-state index contributed by atoms with van der Waals surface area (Å²) in [5.41, 5.74) is 9.29. The van der Waals surface area contributed by atoms with Crippen molar-refractivity contribution >= 4 is 44.8 Å². The van der Waals surface area contributed by atoms with Crippen molar-refractivity contribution < 1.29 is 9.53 Å². The fraction of sp³-hybridized carbons (Fsp3) is 0.417. The van der Waals surface area contributed by atoms with Crippen LogP contribution in [-0.4, -0.2) is 67.1 Å². The summed E-state index contributed by atoms with van der Waals surface area (Å²) in [5.74, 6) is -0.0573. The van der Waals surface area contributed by atoms with Crippen LogP contribution in [0, 0.1) is 5.41 Å². The molecule has 3 N–H and O–H groups in total. The van der Waals surface area contributed by atoms with Crippen LogP contribution in [-0.2, 0) is 16.1 Å². The van der Waals surface area contributed by atoms with Crippen molar-refractivity contribution in [2.24, 2.45) is 10.7 Å². The molecule has 3 aromatic rings. The number of esters is 1. The number of ether oxygens (including phenoxy) is 1. The highest BCUT2D eigenvalue weighted by Gasteiger charge is 2.12. The number of rotatable bonds is 9. The molecule has 1 fully saturated rings. The van der Waals surface area contributed by atoms with Crippen molar-refractivity contribution in [3.63, 3.8) is 0 Å². The van der Waals surface area contributed by atoms with Crippen molar-refractivity contribution in [1.29, 1.82) is 5.41 Å². The number of amidine groups is 1. The Bertz CT molecular complexity index is 1220. The maximum absolute atomic E-state index is 11.5. The number of aryl methyl sites for hydroxylation is 1. The fourth-order valence-electron chi connectivity index (χ4n) is 3.95. The fourth-order valence-corrected chi connectivity index (χ4v) is 4.54. The third-order valence-corrected chi connectivity index (χ3v) is 6.30. The molecule has 0 amide bonds. The molecule has 3 aromatic heterocycles. The summed E-state index contributed by atoms with van der Waals surface area (Å²) in [6.45, 7) is 6.43. The van der Waals surface area contributed by atoms with Crippen molar-refractivity contribution in [2.75, 3.05) is 26.2 Å². The highest BCUT2D eigenvalue weighted by atomic mass is 32.2. The second-order valence-electron chi connectivity index (χ2n) is 8.28. The normalized spacial score (nSPS) is 14.5. The Morgan fingerprint density at radius 3 is 2.83 bits per heavy atom. The largest absolute Gasteiger partial charge is 0.466 e. The van der Waals surface area contributed by atoms with E-state index in [1.54, 1.807) is 13.0 Å². The summed E-state index contributed by atoms with van der Waals surface area (Å²) < 4.78 is 6.83. The first kappa shape index (κ1) is 24.8. The molecule has 11 heteroatoms. The van der Waals surface area contributed by atoms with Crippen molar-refractivity contribution in [2.45, 2.75) is 39.2 Å². The van der Waals surface area contributed by atoms with Gasteiger partial charge >= 0.3 is 5.97 Å². The van der Waals surface area contributed by atoms with Gasteiger partial charge in [-0.15, -0.1) is 0 Å². The summed E-state index contributed by atoms with van der Waals surface area (Å²) >= 11 is 0.912. The number of pyridine rings is 2. The first-order valence-electron chi connectivity index (χ1n) is 11.8. The first-order valence-corrected chi connectivity index (χ1v) is 12.6. The lowest BCUT2D eigenvalue weighted by molar-refractivity contribution is -0.141. The molecule has 0 unspecified atom stereocenters. The van der Waals surface area contributed by atoms with Crippen LogP contribution in [0.25, 0.3) is 22.2 Å². The molecule has 1 aliphatic rings. The van der Waals surface area contributed by atoms with Gasteiger partial charge in [0.25, 0.3) is 0 Å². The van der Waals surface area contributed by atoms with Crippen LogP contribution in [0.4, 0.5) is 5.82 Å². The molecule has 0 aromatic carbocycles. The summed E-state index contributed by atoms with van der Waals surface area (Å²) in [7, 11) is 0. The number of hydrogen-bond donors (Lipinski definition) is 2.